The Morgan fingerprint density at radius 3 is 2.36 bits per heavy atom. The Morgan fingerprint density at radius 1 is 1.03 bits per heavy atom. The number of piperidine rings is 1. The molecule has 0 radical (unpaired) electrons. The number of carbonyl (C=O) groups excluding carboxylic acids is 1. The summed E-state index contributed by atoms with van der Waals surface area (Å²) in [5, 5.41) is 0.842. The van der Waals surface area contributed by atoms with Gasteiger partial charge in [0.15, 0.2) is 0 Å². The summed E-state index contributed by atoms with van der Waals surface area (Å²) in [6.07, 6.45) is 3.54. The highest BCUT2D eigenvalue weighted by molar-refractivity contribution is 7.86. The van der Waals surface area contributed by atoms with Gasteiger partial charge in [0.2, 0.25) is 5.91 Å². The topological polar surface area (TPSA) is 79.5 Å². The molecular formula is C28H27FN2O4S. The summed E-state index contributed by atoms with van der Waals surface area (Å²) in [5.41, 5.74) is 3.50. The standard InChI is InChI=1S/C28H27FN2O4S/c1-35-22-9-12-26-24(17-22)25(18-30-26)27(21-7-10-23(11-8-21)36(29,33)34)28(32)31-15-13-20(14-16-31)19-5-3-2-4-6-19/h2-12,17-18,20,27,30H,13-16H2,1H3. The van der Waals surface area contributed by atoms with Crippen molar-refractivity contribution in [1.82, 2.24) is 9.88 Å². The van der Waals surface area contributed by atoms with E-state index in [0.717, 1.165) is 29.3 Å². The molecule has 1 aromatic heterocycles. The third kappa shape index (κ3) is 4.73. The van der Waals surface area contributed by atoms with E-state index in [1.54, 1.807) is 7.11 Å². The molecule has 4 aromatic rings. The van der Waals surface area contributed by atoms with Gasteiger partial charge in [-0.05, 0) is 65.8 Å². The van der Waals surface area contributed by atoms with Crippen LogP contribution >= 0.6 is 0 Å². The minimum Gasteiger partial charge on any atom is -0.497 e. The number of rotatable bonds is 6. The molecule has 8 heteroatoms. The number of methoxy groups -OCH3 is 1. The molecule has 36 heavy (non-hydrogen) atoms. The van der Waals surface area contributed by atoms with Crippen molar-refractivity contribution < 1.29 is 21.8 Å². The summed E-state index contributed by atoms with van der Waals surface area (Å²) in [5.74, 6) is 0.314. The molecule has 1 fully saturated rings. The van der Waals surface area contributed by atoms with Gasteiger partial charge >= 0.3 is 10.2 Å². The SMILES string of the molecule is COc1ccc2[nH]cc(C(C(=O)N3CCC(c4ccccc4)CC3)c3ccc(S(=O)(=O)F)cc3)c2c1. The molecule has 1 aliphatic rings. The molecule has 1 aliphatic heterocycles. The van der Waals surface area contributed by atoms with Crippen molar-refractivity contribution in [1.29, 1.82) is 0 Å². The number of ether oxygens (including phenoxy) is 1. The van der Waals surface area contributed by atoms with Crippen LogP contribution in [0.25, 0.3) is 10.9 Å². The Hall–Kier alpha value is -3.65. The smallest absolute Gasteiger partial charge is 0.332 e. The van der Waals surface area contributed by atoms with Gasteiger partial charge in [-0.1, -0.05) is 42.5 Å². The molecule has 1 saturated heterocycles. The zero-order valence-corrected chi connectivity index (χ0v) is 20.7. The van der Waals surface area contributed by atoms with Gasteiger partial charge < -0.3 is 14.6 Å². The number of H-pyrrole nitrogens is 1. The van der Waals surface area contributed by atoms with Gasteiger partial charge in [0.25, 0.3) is 0 Å². The molecule has 1 amide bonds. The number of hydrogen-bond donors (Lipinski definition) is 1. The van der Waals surface area contributed by atoms with Gasteiger partial charge in [-0.3, -0.25) is 4.79 Å². The number of benzene rings is 3. The Bertz CT molecular complexity index is 1480. The van der Waals surface area contributed by atoms with Gasteiger partial charge in [0.1, 0.15) is 5.75 Å². The zero-order valence-electron chi connectivity index (χ0n) is 19.9. The summed E-state index contributed by atoms with van der Waals surface area (Å²) in [4.78, 5) is 18.7. The number of hydrogen-bond acceptors (Lipinski definition) is 4. The summed E-state index contributed by atoms with van der Waals surface area (Å²) in [7, 11) is -3.25. The van der Waals surface area contributed by atoms with Crippen molar-refractivity contribution in [2.75, 3.05) is 20.2 Å². The number of nitrogens with one attached hydrogen (secondary N) is 1. The highest BCUT2D eigenvalue weighted by atomic mass is 32.3. The van der Waals surface area contributed by atoms with E-state index in [-0.39, 0.29) is 5.91 Å². The average molecular weight is 507 g/mol. The second-order valence-electron chi connectivity index (χ2n) is 9.11. The maximum Gasteiger partial charge on any atom is 0.332 e. The fourth-order valence-electron chi connectivity index (χ4n) is 5.11. The van der Waals surface area contributed by atoms with Crippen LogP contribution in [0.15, 0.2) is 83.9 Å². The quantitative estimate of drug-likeness (QED) is 0.357. The number of likely N-dealkylation sites (tertiary alicyclic amines) is 1. The normalized spacial score (nSPS) is 15.7. The number of halogens is 1. The monoisotopic (exact) mass is 506 g/mol. The Labute approximate surface area is 209 Å². The molecule has 2 heterocycles. The van der Waals surface area contributed by atoms with Crippen LogP contribution in [0.4, 0.5) is 3.89 Å². The molecular weight excluding hydrogens is 479 g/mol. The summed E-state index contributed by atoms with van der Waals surface area (Å²) < 4.78 is 41.6. The molecule has 6 nitrogen and oxygen atoms in total. The number of fused-ring (bicyclic) bond motifs is 1. The van der Waals surface area contributed by atoms with Crippen LogP contribution in [0.2, 0.25) is 0 Å². The molecule has 0 spiro atoms. The van der Waals surface area contributed by atoms with E-state index >= 15 is 0 Å². The van der Waals surface area contributed by atoms with E-state index in [4.69, 9.17) is 4.74 Å². The molecule has 186 valence electrons. The largest absolute Gasteiger partial charge is 0.497 e. The van der Waals surface area contributed by atoms with Crippen LogP contribution in [0.3, 0.4) is 0 Å². The lowest BCUT2D eigenvalue weighted by atomic mass is 9.86. The van der Waals surface area contributed by atoms with Crippen LogP contribution in [0.1, 0.15) is 41.4 Å². The van der Waals surface area contributed by atoms with Crippen molar-refractivity contribution in [3.63, 3.8) is 0 Å². The number of amides is 1. The summed E-state index contributed by atoms with van der Waals surface area (Å²) in [6.45, 7) is 1.25. The first kappa shape index (κ1) is 24.1. The highest BCUT2D eigenvalue weighted by Gasteiger charge is 2.32. The molecule has 5 rings (SSSR count). The summed E-state index contributed by atoms with van der Waals surface area (Å²) in [6, 6.07) is 21.4. The lowest BCUT2D eigenvalue weighted by Gasteiger charge is -2.34. The second-order valence-corrected chi connectivity index (χ2v) is 10.5. The lowest BCUT2D eigenvalue weighted by molar-refractivity contribution is -0.132. The minimum atomic E-state index is -4.83. The van der Waals surface area contributed by atoms with Crippen LogP contribution in [0, 0.1) is 0 Å². The highest BCUT2D eigenvalue weighted by Crippen LogP contribution is 2.36. The average Bonchev–Trinajstić information content (AvgIpc) is 3.32. The van der Waals surface area contributed by atoms with Gasteiger partial charge in [-0.2, -0.15) is 8.42 Å². The van der Waals surface area contributed by atoms with Gasteiger partial charge in [-0.25, -0.2) is 0 Å². The van der Waals surface area contributed by atoms with Crippen LogP contribution < -0.4 is 4.74 Å². The molecule has 0 saturated carbocycles. The first-order chi connectivity index (χ1) is 17.3. The molecule has 1 N–H and O–H groups in total. The first-order valence-electron chi connectivity index (χ1n) is 11.9. The number of aromatic amines is 1. The van der Waals surface area contributed by atoms with Crippen LogP contribution in [-0.4, -0.2) is 44.4 Å². The van der Waals surface area contributed by atoms with E-state index in [1.165, 1.54) is 29.8 Å². The lowest BCUT2D eigenvalue weighted by Crippen LogP contribution is -2.41. The molecule has 0 aliphatic carbocycles. The fourth-order valence-corrected chi connectivity index (χ4v) is 5.57. The Kier molecular flexibility index (Phi) is 6.53. The summed E-state index contributed by atoms with van der Waals surface area (Å²) >= 11 is 0. The van der Waals surface area contributed by atoms with Crippen molar-refractivity contribution in [2.24, 2.45) is 0 Å². The maximum absolute atomic E-state index is 14.0. The van der Waals surface area contributed by atoms with Crippen molar-refractivity contribution in [3.8, 4) is 5.75 Å². The second kappa shape index (κ2) is 9.78. The maximum atomic E-state index is 14.0. The number of aromatic nitrogens is 1. The third-order valence-corrected chi connectivity index (χ3v) is 7.89. The molecule has 1 atom stereocenters. The Morgan fingerprint density at radius 2 is 1.72 bits per heavy atom. The van der Waals surface area contributed by atoms with Crippen molar-refractivity contribution >= 4 is 27.0 Å². The number of nitrogens with zero attached hydrogens (tertiary/aromatic N) is 1. The van der Waals surface area contributed by atoms with Crippen molar-refractivity contribution in [2.45, 2.75) is 29.6 Å². The van der Waals surface area contributed by atoms with E-state index in [0.29, 0.717) is 30.3 Å². The van der Waals surface area contributed by atoms with Gasteiger partial charge in [0, 0.05) is 30.2 Å². The zero-order chi connectivity index (χ0) is 25.3. The van der Waals surface area contributed by atoms with E-state index in [9.17, 15) is 17.1 Å². The fraction of sp³-hybridized carbons (Fsp3) is 0.250. The first-order valence-corrected chi connectivity index (χ1v) is 13.3. The predicted octanol–water partition coefficient (Wildman–Crippen LogP) is 5.37. The van der Waals surface area contributed by atoms with Crippen LogP contribution in [-0.2, 0) is 15.0 Å². The van der Waals surface area contributed by atoms with E-state index in [2.05, 4.69) is 17.1 Å². The Balaban J connectivity index is 1.50. The van der Waals surface area contributed by atoms with E-state index < -0.39 is 21.0 Å². The van der Waals surface area contributed by atoms with E-state index in [1.807, 2.05) is 47.5 Å². The van der Waals surface area contributed by atoms with Crippen LogP contribution in [0.5, 0.6) is 5.75 Å². The molecule has 3 aromatic carbocycles. The third-order valence-electron chi connectivity index (χ3n) is 7.05. The minimum absolute atomic E-state index is 0.0684. The van der Waals surface area contributed by atoms with Crippen molar-refractivity contribution in [3.05, 3.63) is 95.7 Å². The van der Waals surface area contributed by atoms with Gasteiger partial charge in [0.05, 0.1) is 17.9 Å². The van der Waals surface area contributed by atoms with Gasteiger partial charge in [-0.15, -0.1) is 3.89 Å². The predicted molar refractivity (Wildman–Crippen MR) is 136 cm³/mol. The molecule has 1 unspecified atom stereocenters. The molecule has 0 bridgehead atoms. The number of carbonyl (C=O) groups is 1.